The Morgan fingerprint density at radius 3 is 2.59 bits per heavy atom. The number of ether oxygens (including phenoxy) is 3. The van der Waals surface area contributed by atoms with Crippen molar-refractivity contribution in [3.63, 3.8) is 0 Å². The number of benzene rings is 2. The van der Waals surface area contributed by atoms with Gasteiger partial charge in [0.2, 0.25) is 0 Å². The maximum Gasteiger partial charge on any atom is 0.419 e. The van der Waals surface area contributed by atoms with Crippen molar-refractivity contribution in [3.05, 3.63) is 58.8 Å². The molecule has 0 radical (unpaired) electrons. The first-order chi connectivity index (χ1) is 16.2. The van der Waals surface area contributed by atoms with E-state index >= 15 is 0 Å². The van der Waals surface area contributed by atoms with Gasteiger partial charge in [0.1, 0.15) is 18.1 Å². The number of nitrogens with one attached hydrogen (secondary N) is 1. The van der Waals surface area contributed by atoms with Gasteiger partial charge >= 0.3 is 12.1 Å². The highest BCUT2D eigenvalue weighted by Gasteiger charge is 2.35. The van der Waals surface area contributed by atoms with Crippen molar-refractivity contribution >= 4 is 16.9 Å². The second-order valence-corrected chi connectivity index (χ2v) is 8.65. The summed E-state index contributed by atoms with van der Waals surface area (Å²) in [5.41, 5.74) is 2.48. The van der Waals surface area contributed by atoms with Gasteiger partial charge in [0.15, 0.2) is 0 Å². The Kier molecular flexibility index (Phi) is 7.05. The molecule has 1 fully saturated rings. The number of hydrogen-bond acceptors (Lipinski definition) is 4. The molecule has 3 aromatic rings. The van der Waals surface area contributed by atoms with Crippen LogP contribution in [0.25, 0.3) is 10.9 Å². The Morgan fingerprint density at radius 2 is 1.88 bits per heavy atom. The van der Waals surface area contributed by atoms with E-state index in [1.165, 1.54) is 13.2 Å². The minimum atomic E-state index is -4.51. The van der Waals surface area contributed by atoms with Crippen LogP contribution in [0.2, 0.25) is 0 Å². The second-order valence-electron chi connectivity index (χ2n) is 8.65. The van der Waals surface area contributed by atoms with Gasteiger partial charge < -0.3 is 19.2 Å². The molecule has 1 saturated carbocycles. The van der Waals surface area contributed by atoms with Crippen LogP contribution >= 0.6 is 0 Å². The number of aromatic amines is 1. The number of carbonyl (C=O) groups is 1. The highest BCUT2D eigenvalue weighted by atomic mass is 19.4. The fraction of sp³-hybridized carbons (Fsp3) is 0.423. The van der Waals surface area contributed by atoms with Crippen molar-refractivity contribution < 1.29 is 32.2 Å². The highest BCUT2D eigenvalue weighted by molar-refractivity contribution is 5.86. The molecule has 1 aliphatic carbocycles. The molecule has 0 saturated heterocycles. The standard InChI is InChI=1S/C26H28F3NO4/c1-16-20-14-19(8-9-23(20)30-22(16)10-12-25(31)32-2)33-15-17-7-11-24(21(13-17)26(27,28)29)34-18-5-3-4-6-18/h7-9,11,13-14,18,30H,3-6,10,12,15H2,1-2H3. The highest BCUT2D eigenvalue weighted by Crippen LogP contribution is 2.39. The van der Waals surface area contributed by atoms with Gasteiger partial charge in [-0.05, 0) is 80.5 Å². The predicted molar refractivity (Wildman–Crippen MR) is 122 cm³/mol. The number of methoxy groups -OCH3 is 1. The Hall–Kier alpha value is -3.16. The molecule has 2 aromatic carbocycles. The number of rotatable bonds is 8. The molecule has 0 aliphatic heterocycles. The van der Waals surface area contributed by atoms with Crippen LogP contribution in [0, 0.1) is 6.92 Å². The van der Waals surface area contributed by atoms with Crippen molar-refractivity contribution in [2.45, 2.75) is 64.3 Å². The summed E-state index contributed by atoms with van der Waals surface area (Å²) < 4.78 is 57.2. The van der Waals surface area contributed by atoms with E-state index in [-0.39, 0.29) is 30.9 Å². The first-order valence-corrected chi connectivity index (χ1v) is 11.4. The van der Waals surface area contributed by atoms with E-state index in [2.05, 4.69) is 4.98 Å². The average molecular weight is 476 g/mol. The van der Waals surface area contributed by atoms with Crippen LogP contribution in [-0.2, 0) is 28.7 Å². The van der Waals surface area contributed by atoms with Crippen LogP contribution < -0.4 is 9.47 Å². The zero-order valence-corrected chi connectivity index (χ0v) is 19.3. The van der Waals surface area contributed by atoms with Crippen LogP contribution in [0.4, 0.5) is 13.2 Å². The maximum absolute atomic E-state index is 13.7. The zero-order valence-electron chi connectivity index (χ0n) is 19.3. The van der Waals surface area contributed by atoms with Gasteiger partial charge in [0.05, 0.1) is 25.2 Å². The molecule has 1 N–H and O–H groups in total. The predicted octanol–water partition coefficient (Wildman–Crippen LogP) is 6.50. The number of halogens is 3. The molecule has 1 aromatic heterocycles. The third kappa shape index (κ3) is 5.48. The lowest BCUT2D eigenvalue weighted by atomic mass is 10.1. The van der Waals surface area contributed by atoms with E-state index in [9.17, 15) is 18.0 Å². The summed E-state index contributed by atoms with van der Waals surface area (Å²) in [6.45, 7) is 1.95. The molecule has 8 heteroatoms. The fourth-order valence-electron chi connectivity index (χ4n) is 4.37. The molecule has 0 atom stereocenters. The summed E-state index contributed by atoms with van der Waals surface area (Å²) in [5.74, 6) is 0.154. The Morgan fingerprint density at radius 1 is 1.12 bits per heavy atom. The fourth-order valence-corrected chi connectivity index (χ4v) is 4.37. The summed E-state index contributed by atoms with van der Waals surface area (Å²) in [6, 6.07) is 9.60. The Bertz CT molecular complexity index is 1160. The van der Waals surface area contributed by atoms with Crippen molar-refractivity contribution in [1.82, 2.24) is 4.98 Å². The molecular formula is C26H28F3NO4. The third-order valence-corrected chi connectivity index (χ3v) is 6.29. The van der Waals surface area contributed by atoms with E-state index in [4.69, 9.17) is 14.2 Å². The van der Waals surface area contributed by atoms with E-state index < -0.39 is 11.7 Å². The van der Waals surface area contributed by atoms with Crippen LogP contribution in [0.5, 0.6) is 11.5 Å². The average Bonchev–Trinajstić information content (AvgIpc) is 3.43. The summed E-state index contributed by atoms with van der Waals surface area (Å²) >= 11 is 0. The van der Waals surface area contributed by atoms with E-state index in [1.54, 1.807) is 12.1 Å². The van der Waals surface area contributed by atoms with E-state index in [1.807, 2.05) is 19.1 Å². The second kappa shape index (κ2) is 9.99. The molecule has 1 aliphatic rings. The molecule has 5 nitrogen and oxygen atoms in total. The normalized spacial score (nSPS) is 14.5. The summed E-state index contributed by atoms with van der Waals surface area (Å²) in [7, 11) is 1.36. The van der Waals surface area contributed by atoms with Crippen LogP contribution in [0.1, 0.15) is 54.5 Å². The molecule has 0 spiro atoms. The smallest absolute Gasteiger partial charge is 0.419 e. The number of aromatic nitrogens is 1. The lowest BCUT2D eigenvalue weighted by molar-refractivity contribution is -0.141. The molecule has 1 heterocycles. The minimum absolute atomic E-state index is 0.00301. The van der Waals surface area contributed by atoms with Crippen molar-refractivity contribution in [3.8, 4) is 11.5 Å². The van der Waals surface area contributed by atoms with Crippen molar-refractivity contribution in [1.29, 1.82) is 0 Å². The molecule has 4 rings (SSSR count). The summed E-state index contributed by atoms with van der Waals surface area (Å²) in [6.07, 6.45) is -0.329. The largest absolute Gasteiger partial charge is 0.490 e. The van der Waals surface area contributed by atoms with Crippen LogP contribution in [-0.4, -0.2) is 24.2 Å². The monoisotopic (exact) mass is 475 g/mol. The number of fused-ring (bicyclic) bond motifs is 1. The molecule has 182 valence electrons. The van der Waals surface area contributed by atoms with E-state index in [0.717, 1.165) is 53.9 Å². The van der Waals surface area contributed by atoms with Gasteiger partial charge in [0.25, 0.3) is 0 Å². The topological polar surface area (TPSA) is 60.6 Å². The molecule has 0 amide bonds. The number of esters is 1. The van der Waals surface area contributed by atoms with Gasteiger partial charge in [-0.25, -0.2) is 0 Å². The number of alkyl halides is 3. The third-order valence-electron chi connectivity index (χ3n) is 6.29. The van der Waals surface area contributed by atoms with Crippen molar-refractivity contribution in [2.75, 3.05) is 7.11 Å². The Balaban J connectivity index is 1.48. The van der Waals surface area contributed by atoms with Gasteiger partial charge in [-0.15, -0.1) is 0 Å². The maximum atomic E-state index is 13.7. The van der Waals surface area contributed by atoms with Gasteiger partial charge in [-0.1, -0.05) is 6.07 Å². The molecule has 0 bridgehead atoms. The lowest BCUT2D eigenvalue weighted by Crippen LogP contribution is -2.16. The first-order valence-electron chi connectivity index (χ1n) is 11.4. The Labute approximate surface area is 196 Å². The summed E-state index contributed by atoms with van der Waals surface area (Å²) in [4.78, 5) is 14.7. The van der Waals surface area contributed by atoms with Gasteiger partial charge in [-0.2, -0.15) is 13.2 Å². The quantitative estimate of drug-likeness (QED) is 0.378. The zero-order chi connectivity index (χ0) is 24.3. The van der Waals surface area contributed by atoms with Crippen LogP contribution in [0.3, 0.4) is 0 Å². The number of H-pyrrole nitrogens is 1. The van der Waals surface area contributed by atoms with Gasteiger partial charge in [-0.3, -0.25) is 4.79 Å². The minimum Gasteiger partial charge on any atom is -0.490 e. The first kappa shape index (κ1) is 24.0. The lowest BCUT2D eigenvalue weighted by Gasteiger charge is -2.19. The summed E-state index contributed by atoms with van der Waals surface area (Å²) in [5, 5.41) is 0.939. The van der Waals surface area contributed by atoms with E-state index in [0.29, 0.717) is 17.7 Å². The molecular weight excluding hydrogens is 447 g/mol. The molecule has 34 heavy (non-hydrogen) atoms. The molecule has 0 unspecified atom stereocenters. The SMILES string of the molecule is COC(=O)CCc1[nH]c2ccc(OCc3ccc(OC4CCCC4)c(C(F)(F)F)c3)cc2c1C. The number of hydrogen-bond donors (Lipinski definition) is 1. The van der Waals surface area contributed by atoms with Gasteiger partial charge in [0, 0.05) is 16.6 Å². The van der Waals surface area contributed by atoms with Crippen molar-refractivity contribution in [2.24, 2.45) is 0 Å². The number of aryl methyl sites for hydroxylation is 2. The number of carbonyl (C=O) groups excluding carboxylic acids is 1. The van der Waals surface area contributed by atoms with Crippen LogP contribution in [0.15, 0.2) is 36.4 Å².